The summed E-state index contributed by atoms with van der Waals surface area (Å²) in [7, 11) is -2.20. The number of hydrogen-bond donors (Lipinski definition) is 1. The predicted molar refractivity (Wildman–Crippen MR) is 120 cm³/mol. The quantitative estimate of drug-likeness (QED) is 0.685. The molecule has 1 N–H and O–H groups in total. The van der Waals surface area contributed by atoms with Gasteiger partial charge in [-0.25, -0.2) is 8.42 Å². The topological polar surface area (TPSA) is 84.9 Å². The lowest BCUT2D eigenvalue weighted by molar-refractivity contribution is 0.0730. The van der Waals surface area contributed by atoms with Crippen LogP contribution in [0.1, 0.15) is 63.2 Å². The number of amides is 1. The third-order valence-corrected chi connectivity index (χ3v) is 9.00. The number of nitrogens with one attached hydrogen (secondary N) is 1. The number of sulfonamides is 1. The third kappa shape index (κ3) is 5.41. The van der Waals surface area contributed by atoms with Crippen molar-refractivity contribution in [3.05, 3.63) is 23.8 Å². The number of benzene rings is 1. The summed E-state index contributed by atoms with van der Waals surface area (Å²) in [6.07, 6.45) is 5.21. The van der Waals surface area contributed by atoms with Gasteiger partial charge in [-0.1, -0.05) is 27.2 Å². The largest absolute Gasteiger partial charge is 0.496 e. The molecule has 0 spiro atoms. The second-order valence-electron chi connectivity index (χ2n) is 9.24. The van der Waals surface area contributed by atoms with E-state index in [1.807, 2.05) is 0 Å². The lowest BCUT2D eigenvalue weighted by Gasteiger charge is -2.39. The summed E-state index contributed by atoms with van der Waals surface area (Å²) in [5, 5.41) is 3.11. The molecule has 2 aliphatic rings. The molecular weight excluding hydrogens is 416 g/mol. The summed E-state index contributed by atoms with van der Waals surface area (Å²) >= 11 is 0. The summed E-state index contributed by atoms with van der Waals surface area (Å²) in [4.78, 5) is 13.2. The van der Waals surface area contributed by atoms with Crippen molar-refractivity contribution in [2.45, 2.75) is 63.8 Å². The van der Waals surface area contributed by atoms with Crippen molar-refractivity contribution in [2.24, 2.45) is 11.3 Å². The molecule has 174 valence electrons. The van der Waals surface area contributed by atoms with E-state index < -0.39 is 10.0 Å². The summed E-state index contributed by atoms with van der Waals surface area (Å²) in [6, 6.07) is 4.59. The zero-order valence-electron chi connectivity index (χ0n) is 19.1. The van der Waals surface area contributed by atoms with Gasteiger partial charge in [-0.3, -0.25) is 4.79 Å². The summed E-state index contributed by atoms with van der Waals surface area (Å²) in [6.45, 7) is 8.25. The summed E-state index contributed by atoms with van der Waals surface area (Å²) in [5.41, 5.74) is 0.577. The van der Waals surface area contributed by atoms with Gasteiger partial charge in [0, 0.05) is 19.1 Å². The number of rotatable bonds is 7. The number of nitrogens with zero attached hydrogens (tertiary/aromatic N) is 1. The Labute approximate surface area is 186 Å². The normalized spacial score (nSPS) is 23.4. The Bertz CT molecular complexity index is 870. The van der Waals surface area contributed by atoms with Gasteiger partial charge in [0.25, 0.3) is 5.91 Å². The fraction of sp³-hybridized carbons (Fsp3) is 0.696. The van der Waals surface area contributed by atoms with Crippen LogP contribution in [0.2, 0.25) is 0 Å². The number of morpholine rings is 1. The van der Waals surface area contributed by atoms with Crippen molar-refractivity contribution < 1.29 is 22.7 Å². The fourth-order valence-corrected chi connectivity index (χ4v) is 5.97. The van der Waals surface area contributed by atoms with Gasteiger partial charge in [0.15, 0.2) is 0 Å². The average Bonchev–Trinajstić information content (AvgIpc) is 2.79. The molecule has 0 atom stereocenters. The first-order chi connectivity index (χ1) is 14.7. The van der Waals surface area contributed by atoms with Crippen LogP contribution in [0.4, 0.5) is 0 Å². The summed E-state index contributed by atoms with van der Waals surface area (Å²) < 4.78 is 38.0. The Morgan fingerprint density at radius 1 is 1.19 bits per heavy atom. The number of methoxy groups -OCH3 is 1. The molecule has 8 heteroatoms. The van der Waals surface area contributed by atoms with E-state index in [9.17, 15) is 13.2 Å². The third-order valence-electron chi connectivity index (χ3n) is 7.10. The Hall–Kier alpha value is -1.64. The van der Waals surface area contributed by atoms with E-state index in [1.54, 1.807) is 6.07 Å². The van der Waals surface area contributed by atoms with Gasteiger partial charge in [-0.15, -0.1) is 0 Å². The number of carbonyl (C=O) groups is 1. The minimum Gasteiger partial charge on any atom is -0.496 e. The maximum absolute atomic E-state index is 13.1. The fourth-order valence-electron chi connectivity index (χ4n) is 4.53. The Morgan fingerprint density at radius 2 is 1.84 bits per heavy atom. The van der Waals surface area contributed by atoms with E-state index in [2.05, 4.69) is 26.1 Å². The molecule has 0 aromatic heterocycles. The average molecular weight is 453 g/mol. The molecule has 1 aliphatic heterocycles. The molecule has 2 fully saturated rings. The van der Waals surface area contributed by atoms with Crippen LogP contribution in [-0.4, -0.2) is 58.1 Å². The van der Waals surface area contributed by atoms with Crippen molar-refractivity contribution in [2.75, 3.05) is 33.4 Å². The van der Waals surface area contributed by atoms with Gasteiger partial charge in [0.2, 0.25) is 10.0 Å². The van der Waals surface area contributed by atoms with Crippen molar-refractivity contribution >= 4 is 15.9 Å². The maximum Gasteiger partial charge on any atom is 0.255 e. The van der Waals surface area contributed by atoms with Gasteiger partial charge in [-0.2, -0.15) is 4.31 Å². The second-order valence-corrected chi connectivity index (χ2v) is 11.2. The maximum atomic E-state index is 13.1. The van der Waals surface area contributed by atoms with Gasteiger partial charge >= 0.3 is 0 Å². The highest BCUT2D eigenvalue weighted by Gasteiger charge is 2.33. The van der Waals surface area contributed by atoms with Crippen LogP contribution >= 0.6 is 0 Å². The van der Waals surface area contributed by atoms with Crippen molar-refractivity contribution in [3.63, 3.8) is 0 Å². The molecule has 1 saturated carbocycles. The molecule has 1 amide bonds. The highest BCUT2D eigenvalue weighted by atomic mass is 32.2. The lowest BCUT2D eigenvalue weighted by Crippen LogP contribution is -2.41. The van der Waals surface area contributed by atoms with Crippen LogP contribution in [0.3, 0.4) is 0 Å². The first-order valence-electron chi connectivity index (χ1n) is 11.3. The second kappa shape index (κ2) is 9.88. The molecule has 1 heterocycles. The minimum atomic E-state index is -3.68. The van der Waals surface area contributed by atoms with Crippen LogP contribution in [-0.2, 0) is 14.8 Å². The van der Waals surface area contributed by atoms with E-state index >= 15 is 0 Å². The van der Waals surface area contributed by atoms with E-state index in [0.717, 1.165) is 32.1 Å². The monoisotopic (exact) mass is 452 g/mol. The first-order valence-corrected chi connectivity index (χ1v) is 12.7. The van der Waals surface area contributed by atoms with E-state index in [0.29, 0.717) is 43.4 Å². The molecular formula is C23H36N2O5S. The van der Waals surface area contributed by atoms with Gasteiger partial charge in [-0.05, 0) is 55.2 Å². The molecule has 31 heavy (non-hydrogen) atoms. The highest BCUT2D eigenvalue weighted by molar-refractivity contribution is 7.89. The molecule has 7 nitrogen and oxygen atoms in total. The Kier molecular flexibility index (Phi) is 7.65. The lowest BCUT2D eigenvalue weighted by atomic mass is 9.69. The van der Waals surface area contributed by atoms with Gasteiger partial charge in [0.1, 0.15) is 5.75 Å². The first kappa shape index (κ1) is 24.0. The van der Waals surface area contributed by atoms with Crippen molar-refractivity contribution in [1.82, 2.24) is 9.62 Å². The molecule has 0 bridgehead atoms. The van der Waals surface area contributed by atoms with Gasteiger partial charge < -0.3 is 14.8 Å². The van der Waals surface area contributed by atoms with Crippen LogP contribution in [0.25, 0.3) is 0 Å². The Balaban J connectivity index is 1.73. The molecule has 3 rings (SSSR count). The van der Waals surface area contributed by atoms with Crippen LogP contribution in [0, 0.1) is 11.3 Å². The van der Waals surface area contributed by atoms with Crippen LogP contribution in [0.15, 0.2) is 23.1 Å². The van der Waals surface area contributed by atoms with E-state index in [-0.39, 0.29) is 22.4 Å². The SMILES string of the molecule is CCC(C)(C)C1CCC(NC(=O)c2cc(S(=O)(=O)N3CCOCC3)ccc2OC)CC1. The molecule has 1 aromatic carbocycles. The molecule has 1 saturated heterocycles. The molecule has 0 unspecified atom stereocenters. The highest BCUT2D eigenvalue weighted by Crippen LogP contribution is 2.40. The smallest absolute Gasteiger partial charge is 0.255 e. The predicted octanol–water partition coefficient (Wildman–Crippen LogP) is 3.44. The zero-order valence-corrected chi connectivity index (χ0v) is 20.0. The van der Waals surface area contributed by atoms with Crippen LogP contribution in [0.5, 0.6) is 5.75 Å². The minimum absolute atomic E-state index is 0.0978. The number of carbonyl (C=O) groups excluding carboxylic acids is 1. The van der Waals surface area contributed by atoms with Crippen LogP contribution < -0.4 is 10.1 Å². The zero-order chi connectivity index (χ0) is 22.6. The Morgan fingerprint density at radius 3 is 2.42 bits per heavy atom. The number of hydrogen-bond acceptors (Lipinski definition) is 5. The van der Waals surface area contributed by atoms with E-state index in [1.165, 1.54) is 23.5 Å². The standard InChI is InChI=1S/C23H36N2O5S/c1-5-23(2,3)17-6-8-18(9-7-17)24-22(26)20-16-19(10-11-21(20)29-4)31(27,28)25-12-14-30-15-13-25/h10-11,16-18H,5-9,12-15H2,1-4H3,(H,24,26). The molecule has 1 aromatic rings. The molecule has 1 aliphatic carbocycles. The van der Waals surface area contributed by atoms with Crippen molar-refractivity contribution in [3.8, 4) is 5.75 Å². The summed E-state index contributed by atoms with van der Waals surface area (Å²) in [5.74, 6) is 0.760. The van der Waals surface area contributed by atoms with E-state index in [4.69, 9.17) is 9.47 Å². The van der Waals surface area contributed by atoms with Gasteiger partial charge in [0.05, 0.1) is 30.8 Å². The molecule has 0 radical (unpaired) electrons. The number of ether oxygens (including phenoxy) is 2. The van der Waals surface area contributed by atoms with Crippen molar-refractivity contribution in [1.29, 1.82) is 0 Å².